The van der Waals surface area contributed by atoms with E-state index < -0.39 is 27.4 Å². The number of carbonyl (C=O) groups excluding carboxylic acids is 1. The van der Waals surface area contributed by atoms with E-state index in [2.05, 4.69) is 5.32 Å². The number of rotatable bonds is 7. The van der Waals surface area contributed by atoms with Crippen LogP contribution < -0.4 is 9.62 Å². The molecule has 0 aliphatic rings. The Kier molecular flexibility index (Phi) is 5.89. The van der Waals surface area contributed by atoms with E-state index in [1.807, 2.05) is 0 Å². The number of benzene rings is 3. The van der Waals surface area contributed by atoms with E-state index in [0.29, 0.717) is 5.69 Å². The minimum Gasteiger partial charge on any atom is -0.325 e. The Morgan fingerprint density at radius 2 is 1.55 bits per heavy atom. The van der Waals surface area contributed by atoms with Crippen molar-refractivity contribution >= 4 is 33.0 Å². The quantitative estimate of drug-likeness (QED) is 0.473. The fourth-order valence-corrected chi connectivity index (χ4v) is 4.08. The number of nitro groups is 1. The van der Waals surface area contributed by atoms with E-state index in [0.717, 1.165) is 10.4 Å². The molecule has 0 aliphatic carbocycles. The molecule has 3 aromatic rings. The van der Waals surface area contributed by atoms with E-state index in [-0.39, 0.29) is 16.3 Å². The largest absolute Gasteiger partial charge is 0.325 e. The lowest BCUT2D eigenvalue weighted by molar-refractivity contribution is -0.384. The maximum Gasteiger partial charge on any atom is 0.271 e. The van der Waals surface area contributed by atoms with Gasteiger partial charge in [0.15, 0.2) is 0 Å². The molecule has 148 valence electrons. The summed E-state index contributed by atoms with van der Waals surface area (Å²) in [6.07, 6.45) is 0. The molecule has 0 bridgehead atoms. The molecule has 9 heteroatoms. The van der Waals surface area contributed by atoms with Gasteiger partial charge in [-0.15, -0.1) is 0 Å². The summed E-state index contributed by atoms with van der Waals surface area (Å²) in [6, 6.07) is 21.3. The summed E-state index contributed by atoms with van der Waals surface area (Å²) in [5.41, 5.74) is 0.249. The van der Waals surface area contributed by atoms with Gasteiger partial charge >= 0.3 is 0 Å². The predicted molar refractivity (Wildman–Crippen MR) is 109 cm³/mol. The van der Waals surface area contributed by atoms with Crippen molar-refractivity contribution in [1.29, 1.82) is 0 Å². The highest BCUT2D eigenvalue weighted by molar-refractivity contribution is 7.92. The van der Waals surface area contributed by atoms with Crippen LogP contribution in [0.3, 0.4) is 0 Å². The summed E-state index contributed by atoms with van der Waals surface area (Å²) in [5, 5.41) is 13.7. The molecule has 8 nitrogen and oxygen atoms in total. The maximum atomic E-state index is 13.2. The first kappa shape index (κ1) is 20.0. The molecule has 0 saturated carbocycles. The molecule has 0 aliphatic heterocycles. The first-order valence-electron chi connectivity index (χ1n) is 8.55. The number of amides is 1. The predicted octanol–water partition coefficient (Wildman–Crippen LogP) is 3.43. The Labute approximate surface area is 167 Å². The van der Waals surface area contributed by atoms with Crippen LogP contribution in [0, 0.1) is 10.1 Å². The van der Waals surface area contributed by atoms with Crippen molar-refractivity contribution < 1.29 is 18.1 Å². The van der Waals surface area contributed by atoms with Gasteiger partial charge in [-0.05, 0) is 30.3 Å². The van der Waals surface area contributed by atoms with Crippen LogP contribution in [0.25, 0.3) is 0 Å². The highest BCUT2D eigenvalue weighted by atomic mass is 32.2. The number of sulfonamides is 1. The molecule has 1 N–H and O–H groups in total. The van der Waals surface area contributed by atoms with Crippen molar-refractivity contribution in [1.82, 2.24) is 0 Å². The molecule has 0 radical (unpaired) electrons. The second-order valence-electron chi connectivity index (χ2n) is 6.02. The zero-order valence-corrected chi connectivity index (χ0v) is 16.0. The van der Waals surface area contributed by atoms with Gasteiger partial charge in [0.25, 0.3) is 15.7 Å². The molecule has 0 heterocycles. The third-order valence-corrected chi connectivity index (χ3v) is 5.79. The van der Waals surface area contributed by atoms with Gasteiger partial charge in [-0.2, -0.15) is 0 Å². The minimum atomic E-state index is -4.13. The summed E-state index contributed by atoms with van der Waals surface area (Å²) < 4.78 is 27.2. The van der Waals surface area contributed by atoms with Gasteiger partial charge in [0, 0.05) is 17.8 Å². The first-order valence-corrected chi connectivity index (χ1v) is 9.99. The fourth-order valence-electron chi connectivity index (χ4n) is 2.65. The summed E-state index contributed by atoms with van der Waals surface area (Å²) in [6.45, 7) is -0.548. The number of nitro benzene ring substituents is 1. The summed E-state index contributed by atoms with van der Waals surface area (Å²) in [7, 11) is -4.13. The van der Waals surface area contributed by atoms with E-state index in [4.69, 9.17) is 0 Å². The van der Waals surface area contributed by atoms with Crippen LogP contribution >= 0.6 is 0 Å². The number of non-ortho nitro benzene ring substituents is 1. The maximum absolute atomic E-state index is 13.2. The second-order valence-corrected chi connectivity index (χ2v) is 7.88. The monoisotopic (exact) mass is 411 g/mol. The van der Waals surface area contributed by atoms with Crippen LogP contribution in [-0.2, 0) is 14.8 Å². The summed E-state index contributed by atoms with van der Waals surface area (Å²) in [4.78, 5) is 23.0. The number of hydrogen-bond acceptors (Lipinski definition) is 5. The van der Waals surface area contributed by atoms with E-state index >= 15 is 0 Å². The molecule has 0 spiro atoms. The van der Waals surface area contributed by atoms with Crippen molar-refractivity contribution in [3.05, 3.63) is 95.0 Å². The number of nitrogens with zero attached hydrogens (tertiary/aromatic N) is 2. The highest BCUT2D eigenvalue weighted by Crippen LogP contribution is 2.27. The summed E-state index contributed by atoms with van der Waals surface area (Å²) >= 11 is 0. The molecule has 0 fully saturated rings. The number of anilines is 2. The number of carbonyl (C=O) groups is 1. The van der Waals surface area contributed by atoms with Crippen molar-refractivity contribution in [3.8, 4) is 0 Å². The average molecular weight is 411 g/mol. The van der Waals surface area contributed by atoms with Gasteiger partial charge < -0.3 is 5.32 Å². The molecule has 0 saturated heterocycles. The van der Waals surface area contributed by atoms with Crippen molar-refractivity contribution in [3.63, 3.8) is 0 Å². The third-order valence-electron chi connectivity index (χ3n) is 4.00. The molecule has 0 atom stereocenters. The van der Waals surface area contributed by atoms with Crippen LogP contribution in [0.2, 0.25) is 0 Å². The second kappa shape index (κ2) is 8.53. The van der Waals surface area contributed by atoms with Gasteiger partial charge in [0.2, 0.25) is 5.91 Å². The molecule has 1 amide bonds. The Morgan fingerprint density at radius 1 is 0.931 bits per heavy atom. The lowest BCUT2D eigenvalue weighted by Gasteiger charge is -2.24. The molecular weight excluding hydrogens is 394 g/mol. The van der Waals surface area contributed by atoms with Gasteiger partial charge in [-0.1, -0.05) is 42.5 Å². The lowest BCUT2D eigenvalue weighted by atomic mass is 10.3. The average Bonchev–Trinajstić information content (AvgIpc) is 2.73. The highest BCUT2D eigenvalue weighted by Gasteiger charge is 2.28. The standard InChI is InChI=1S/C20H17N3O5S/c24-20(21-16-8-3-1-4-9-16)15-22(17-10-7-11-18(14-17)23(25)26)29(27,28)19-12-5-2-6-13-19/h1-14H,15H2,(H,21,24). The Hall–Kier alpha value is -3.72. The third kappa shape index (κ3) is 4.77. The molecule has 3 rings (SSSR count). The zero-order valence-electron chi connectivity index (χ0n) is 15.1. The van der Waals surface area contributed by atoms with E-state index in [1.165, 1.54) is 30.3 Å². The van der Waals surface area contributed by atoms with E-state index in [9.17, 15) is 23.3 Å². The van der Waals surface area contributed by atoms with Crippen LogP contribution in [0.1, 0.15) is 0 Å². The first-order chi connectivity index (χ1) is 13.9. The Balaban J connectivity index is 1.99. The van der Waals surface area contributed by atoms with Crippen molar-refractivity contribution in [2.45, 2.75) is 4.90 Å². The molecule has 0 unspecified atom stereocenters. The molecule has 3 aromatic carbocycles. The zero-order chi connectivity index (χ0) is 20.9. The van der Waals surface area contributed by atoms with Gasteiger partial charge in [0.05, 0.1) is 15.5 Å². The minimum absolute atomic E-state index is 0.0197. The normalized spacial score (nSPS) is 10.9. The number of hydrogen-bond donors (Lipinski definition) is 1. The van der Waals surface area contributed by atoms with E-state index in [1.54, 1.807) is 48.5 Å². The molecular formula is C20H17N3O5S. The number of para-hydroxylation sites is 1. The molecule has 29 heavy (non-hydrogen) atoms. The van der Waals surface area contributed by atoms with Gasteiger partial charge in [-0.3, -0.25) is 19.2 Å². The fraction of sp³-hybridized carbons (Fsp3) is 0.0500. The van der Waals surface area contributed by atoms with Gasteiger partial charge in [-0.25, -0.2) is 8.42 Å². The van der Waals surface area contributed by atoms with Crippen LogP contribution in [0.15, 0.2) is 89.8 Å². The Bertz CT molecular complexity index is 1120. The Morgan fingerprint density at radius 3 is 2.17 bits per heavy atom. The van der Waals surface area contributed by atoms with Crippen molar-refractivity contribution in [2.75, 3.05) is 16.2 Å². The van der Waals surface area contributed by atoms with Crippen LogP contribution in [0.4, 0.5) is 17.1 Å². The smallest absolute Gasteiger partial charge is 0.271 e. The van der Waals surface area contributed by atoms with Crippen LogP contribution in [-0.4, -0.2) is 25.8 Å². The number of nitrogens with one attached hydrogen (secondary N) is 1. The molecule has 0 aromatic heterocycles. The van der Waals surface area contributed by atoms with Crippen LogP contribution in [0.5, 0.6) is 0 Å². The topological polar surface area (TPSA) is 110 Å². The van der Waals surface area contributed by atoms with Gasteiger partial charge in [0.1, 0.15) is 6.54 Å². The lowest BCUT2D eigenvalue weighted by Crippen LogP contribution is -2.38. The van der Waals surface area contributed by atoms with Crippen molar-refractivity contribution in [2.24, 2.45) is 0 Å². The summed E-state index contributed by atoms with van der Waals surface area (Å²) in [5.74, 6) is -0.581. The SMILES string of the molecule is O=C(CN(c1cccc([N+](=O)[O-])c1)S(=O)(=O)c1ccccc1)Nc1ccccc1.